The van der Waals surface area contributed by atoms with E-state index in [1.807, 2.05) is 52.8 Å². The lowest BCUT2D eigenvalue weighted by molar-refractivity contribution is -0.128. The molecule has 0 spiro atoms. The molecule has 2 rings (SSSR count). The predicted molar refractivity (Wildman–Crippen MR) is 90.8 cm³/mol. The molecular weight excluding hydrogens is 308 g/mol. The molecule has 0 fully saturated rings. The summed E-state index contributed by atoms with van der Waals surface area (Å²) in [5, 5.41) is 5.77. The highest BCUT2D eigenvalue weighted by molar-refractivity contribution is 5.82. The molecule has 24 heavy (non-hydrogen) atoms. The highest BCUT2D eigenvalue weighted by atomic mass is 16.7. The lowest BCUT2D eigenvalue weighted by Gasteiger charge is -2.27. The van der Waals surface area contributed by atoms with E-state index in [0.29, 0.717) is 18.0 Å². The van der Waals surface area contributed by atoms with Crippen LogP contribution in [0, 0.1) is 5.41 Å². The number of hydrogen-bond acceptors (Lipinski definition) is 4. The molecule has 132 valence electrons. The minimum atomic E-state index is -0.550. The van der Waals surface area contributed by atoms with Crippen LogP contribution < -0.4 is 20.1 Å². The third kappa shape index (κ3) is 4.40. The largest absolute Gasteiger partial charge is 0.454 e. The van der Waals surface area contributed by atoms with Gasteiger partial charge in [-0.25, -0.2) is 0 Å². The summed E-state index contributed by atoms with van der Waals surface area (Å²) < 4.78 is 10.7. The topological polar surface area (TPSA) is 76.7 Å². The number of hydrogen-bond donors (Lipinski definition) is 2. The highest BCUT2D eigenvalue weighted by Crippen LogP contribution is 2.35. The maximum absolute atomic E-state index is 12.2. The molecule has 1 heterocycles. The number of nitrogens with one attached hydrogen (secondary N) is 2. The standard InChI is InChI=1S/C18H26N2O4/c1-17(2,3)16(22)19-9-8-15(21)20-18(4,5)12-6-7-13-14(10-12)24-11-23-13/h6-7,10H,8-9,11H2,1-5H3,(H,19,22)(H,20,21). The second kappa shape index (κ2) is 6.71. The zero-order valence-corrected chi connectivity index (χ0v) is 15.0. The highest BCUT2D eigenvalue weighted by Gasteiger charge is 2.26. The fourth-order valence-corrected chi connectivity index (χ4v) is 2.32. The molecule has 0 unspecified atom stereocenters. The van der Waals surface area contributed by atoms with Crippen molar-refractivity contribution < 1.29 is 19.1 Å². The van der Waals surface area contributed by atoms with Gasteiger partial charge >= 0.3 is 0 Å². The molecule has 6 nitrogen and oxygen atoms in total. The quantitative estimate of drug-likeness (QED) is 0.866. The smallest absolute Gasteiger partial charge is 0.231 e. The summed E-state index contributed by atoms with van der Waals surface area (Å²) in [6, 6.07) is 5.63. The summed E-state index contributed by atoms with van der Waals surface area (Å²) in [7, 11) is 0. The van der Waals surface area contributed by atoms with Crippen molar-refractivity contribution in [3.8, 4) is 11.5 Å². The Morgan fingerprint density at radius 3 is 2.42 bits per heavy atom. The zero-order chi connectivity index (χ0) is 18.0. The molecule has 0 bridgehead atoms. The number of amides is 2. The van der Waals surface area contributed by atoms with Crippen molar-refractivity contribution in [2.45, 2.75) is 46.6 Å². The van der Waals surface area contributed by atoms with E-state index < -0.39 is 11.0 Å². The van der Waals surface area contributed by atoms with Gasteiger partial charge in [-0.15, -0.1) is 0 Å². The molecule has 0 atom stereocenters. The molecule has 0 saturated heterocycles. The number of carbonyl (C=O) groups is 2. The molecule has 0 aromatic heterocycles. The first-order valence-corrected chi connectivity index (χ1v) is 8.09. The molecule has 1 aromatic carbocycles. The van der Waals surface area contributed by atoms with Gasteiger partial charge in [-0.05, 0) is 31.5 Å². The number of rotatable bonds is 5. The van der Waals surface area contributed by atoms with Crippen LogP contribution in [0.15, 0.2) is 18.2 Å². The second-order valence-electron chi connectivity index (χ2n) is 7.50. The van der Waals surface area contributed by atoms with Gasteiger partial charge in [-0.1, -0.05) is 26.8 Å². The van der Waals surface area contributed by atoms with Crippen molar-refractivity contribution in [3.63, 3.8) is 0 Å². The van der Waals surface area contributed by atoms with Crippen LogP contribution in [0.5, 0.6) is 11.5 Å². The summed E-state index contributed by atoms with van der Waals surface area (Å²) in [6.07, 6.45) is 0.232. The molecule has 1 aromatic rings. The Bertz CT molecular complexity index is 632. The molecular formula is C18H26N2O4. The van der Waals surface area contributed by atoms with E-state index in [1.165, 1.54) is 0 Å². The van der Waals surface area contributed by atoms with Crippen molar-refractivity contribution in [1.29, 1.82) is 0 Å². The van der Waals surface area contributed by atoms with E-state index in [0.717, 1.165) is 5.56 Å². The summed E-state index contributed by atoms with van der Waals surface area (Å²) >= 11 is 0. The van der Waals surface area contributed by atoms with Gasteiger partial charge in [0.05, 0.1) is 5.54 Å². The van der Waals surface area contributed by atoms with Gasteiger partial charge in [0.2, 0.25) is 18.6 Å². The van der Waals surface area contributed by atoms with E-state index in [2.05, 4.69) is 10.6 Å². The van der Waals surface area contributed by atoms with Crippen LogP contribution in [0.2, 0.25) is 0 Å². The average molecular weight is 334 g/mol. The number of ether oxygens (including phenoxy) is 2. The average Bonchev–Trinajstić information content (AvgIpc) is 2.92. The first-order chi connectivity index (χ1) is 11.1. The first kappa shape index (κ1) is 18.1. The minimum absolute atomic E-state index is 0.0645. The number of fused-ring (bicyclic) bond motifs is 1. The Morgan fingerprint density at radius 1 is 1.08 bits per heavy atom. The zero-order valence-electron chi connectivity index (χ0n) is 15.0. The Balaban J connectivity index is 1.89. The summed E-state index contributed by atoms with van der Waals surface area (Å²) in [6.45, 7) is 9.91. The van der Waals surface area contributed by atoms with Crippen molar-refractivity contribution in [3.05, 3.63) is 23.8 Å². The molecule has 6 heteroatoms. The summed E-state index contributed by atoms with van der Waals surface area (Å²) in [5.74, 6) is 1.22. The second-order valence-corrected chi connectivity index (χ2v) is 7.50. The van der Waals surface area contributed by atoms with E-state index >= 15 is 0 Å². The minimum Gasteiger partial charge on any atom is -0.454 e. The van der Waals surface area contributed by atoms with Crippen LogP contribution in [0.1, 0.15) is 46.6 Å². The molecule has 0 saturated carbocycles. The predicted octanol–water partition coefficient (Wildman–Crippen LogP) is 2.32. The molecule has 2 N–H and O–H groups in total. The maximum atomic E-state index is 12.2. The van der Waals surface area contributed by atoms with Gasteiger partial charge in [-0.2, -0.15) is 0 Å². The number of carbonyl (C=O) groups excluding carboxylic acids is 2. The monoisotopic (exact) mass is 334 g/mol. The molecule has 1 aliphatic rings. The number of benzene rings is 1. The molecule has 0 radical (unpaired) electrons. The van der Waals surface area contributed by atoms with Crippen LogP contribution in [0.25, 0.3) is 0 Å². The van der Waals surface area contributed by atoms with E-state index in [9.17, 15) is 9.59 Å². The van der Waals surface area contributed by atoms with Crippen LogP contribution in [0.3, 0.4) is 0 Å². The fourth-order valence-electron chi connectivity index (χ4n) is 2.32. The SMILES string of the molecule is CC(C)(C)C(=O)NCCC(=O)NC(C)(C)c1ccc2c(c1)OCO2. The molecule has 1 aliphatic heterocycles. The van der Waals surface area contributed by atoms with Crippen LogP contribution >= 0.6 is 0 Å². The van der Waals surface area contributed by atoms with Gasteiger partial charge in [-0.3, -0.25) is 9.59 Å². The van der Waals surface area contributed by atoms with Crippen LogP contribution in [-0.4, -0.2) is 25.2 Å². The maximum Gasteiger partial charge on any atom is 0.231 e. The van der Waals surface area contributed by atoms with Gasteiger partial charge in [0.25, 0.3) is 0 Å². The van der Waals surface area contributed by atoms with Crippen molar-refractivity contribution in [2.75, 3.05) is 13.3 Å². The van der Waals surface area contributed by atoms with Crippen molar-refractivity contribution >= 4 is 11.8 Å². The van der Waals surface area contributed by atoms with Crippen LogP contribution in [0.4, 0.5) is 0 Å². The van der Waals surface area contributed by atoms with Gasteiger partial charge in [0, 0.05) is 18.4 Å². The Kier molecular flexibility index (Phi) is 5.06. The van der Waals surface area contributed by atoms with Gasteiger partial charge in [0.1, 0.15) is 0 Å². The fraction of sp³-hybridized carbons (Fsp3) is 0.556. The Hall–Kier alpha value is -2.24. The van der Waals surface area contributed by atoms with Crippen molar-refractivity contribution in [1.82, 2.24) is 10.6 Å². The van der Waals surface area contributed by atoms with Crippen LogP contribution in [-0.2, 0) is 15.1 Å². The molecule has 2 amide bonds. The van der Waals surface area contributed by atoms with Crippen molar-refractivity contribution in [2.24, 2.45) is 5.41 Å². The summed E-state index contributed by atoms with van der Waals surface area (Å²) in [4.78, 5) is 24.0. The molecule has 0 aliphatic carbocycles. The lowest BCUT2D eigenvalue weighted by Crippen LogP contribution is -2.43. The Morgan fingerprint density at radius 2 is 1.75 bits per heavy atom. The third-order valence-electron chi connectivity index (χ3n) is 3.86. The normalized spacial score (nSPS) is 13.5. The van der Waals surface area contributed by atoms with Gasteiger partial charge in [0.15, 0.2) is 11.5 Å². The van der Waals surface area contributed by atoms with E-state index in [-0.39, 0.29) is 25.0 Å². The van der Waals surface area contributed by atoms with Gasteiger partial charge < -0.3 is 20.1 Å². The van der Waals surface area contributed by atoms with E-state index in [1.54, 1.807) is 0 Å². The van der Waals surface area contributed by atoms with E-state index in [4.69, 9.17) is 9.47 Å². The third-order valence-corrected chi connectivity index (χ3v) is 3.86. The summed E-state index contributed by atoms with van der Waals surface area (Å²) in [5.41, 5.74) is -0.0762. The lowest BCUT2D eigenvalue weighted by atomic mass is 9.93. The Labute approximate surface area is 142 Å². The first-order valence-electron chi connectivity index (χ1n) is 8.09.